The first-order chi connectivity index (χ1) is 9.22. The predicted octanol–water partition coefficient (Wildman–Crippen LogP) is 4.76. The van der Waals surface area contributed by atoms with Crippen molar-refractivity contribution >= 4 is 39.0 Å². The van der Waals surface area contributed by atoms with Gasteiger partial charge in [0, 0.05) is 11.1 Å². The quantitative estimate of drug-likeness (QED) is 0.759. The molecule has 19 heavy (non-hydrogen) atoms. The summed E-state index contributed by atoms with van der Waals surface area (Å²) in [6, 6.07) is 6.60. The number of ketones is 1. The molecule has 1 aliphatic heterocycles. The van der Waals surface area contributed by atoms with Gasteiger partial charge in [-0.1, -0.05) is 6.07 Å². The van der Waals surface area contributed by atoms with Gasteiger partial charge in [0.05, 0.1) is 4.88 Å². The molecule has 0 aliphatic carbocycles. The third kappa shape index (κ3) is 3.00. The van der Waals surface area contributed by atoms with E-state index in [1.54, 1.807) is 6.07 Å². The molecule has 1 aliphatic rings. The number of carbonyl (C=O) groups excluding carboxylic acids is 1. The zero-order valence-electron chi connectivity index (χ0n) is 10.5. The molecule has 0 radical (unpaired) electrons. The molecule has 0 atom stereocenters. The monoisotopic (exact) mass is 294 g/mol. The van der Waals surface area contributed by atoms with Crippen molar-refractivity contribution in [1.29, 1.82) is 0 Å². The summed E-state index contributed by atoms with van der Waals surface area (Å²) in [5.74, 6) is 2.87. The van der Waals surface area contributed by atoms with Crippen LogP contribution in [-0.2, 0) is 0 Å². The van der Waals surface area contributed by atoms with Crippen LogP contribution in [0, 0.1) is 11.7 Å². The summed E-state index contributed by atoms with van der Waals surface area (Å²) >= 11 is 3.39. The van der Waals surface area contributed by atoms with Gasteiger partial charge >= 0.3 is 0 Å². The molecule has 100 valence electrons. The van der Waals surface area contributed by atoms with Crippen LogP contribution < -0.4 is 0 Å². The highest BCUT2D eigenvalue weighted by Gasteiger charge is 2.19. The number of thioether (sulfide) groups is 1. The van der Waals surface area contributed by atoms with Crippen molar-refractivity contribution in [2.75, 3.05) is 11.5 Å². The molecular weight excluding hydrogens is 279 g/mol. The van der Waals surface area contributed by atoms with E-state index in [2.05, 4.69) is 0 Å². The van der Waals surface area contributed by atoms with E-state index in [9.17, 15) is 9.18 Å². The number of rotatable bonds is 3. The zero-order chi connectivity index (χ0) is 13.2. The van der Waals surface area contributed by atoms with Gasteiger partial charge in [-0.05, 0) is 53.9 Å². The van der Waals surface area contributed by atoms with Crippen LogP contribution in [0.1, 0.15) is 28.9 Å². The van der Waals surface area contributed by atoms with Crippen molar-refractivity contribution in [3.8, 4) is 0 Å². The van der Waals surface area contributed by atoms with Crippen LogP contribution in [-0.4, -0.2) is 17.3 Å². The lowest BCUT2D eigenvalue weighted by molar-refractivity contribution is 0.0963. The van der Waals surface area contributed by atoms with Crippen molar-refractivity contribution in [2.45, 2.75) is 19.3 Å². The molecule has 2 aromatic rings. The van der Waals surface area contributed by atoms with E-state index < -0.39 is 0 Å². The van der Waals surface area contributed by atoms with Gasteiger partial charge in [-0.25, -0.2) is 4.39 Å². The van der Waals surface area contributed by atoms with E-state index in [0.717, 1.165) is 27.8 Å². The van der Waals surface area contributed by atoms with Crippen LogP contribution in [0.25, 0.3) is 10.1 Å². The molecule has 1 fully saturated rings. The van der Waals surface area contributed by atoms with Crippen molar-refractivity contribution < 1.29 is 9.18 Å². The second kappa shape index (κ2) is 5.63. The van der Waals surface area contributed by atoms with E-state index in [1.165, 1.54) is 35.0 Å². The van der Waals surface area contributed by atoms with Crippen molar-refractivity contribution in [2.24, 2.45) is 5.92 Å². The highest BCUT2D eigenvalue weighted by Crippen LogP contribution is 2.31. The van der Waals surface area contributed by atoms with Crippen LogP contribution in [0.3, 0.4) is 0 Å². The van der Waals surface area contributed by atoms with Gasteiger partial charge < -0.3 is 0 Å². The van der Waals surface area contributed by atoms with Crippen LogP contribution in [0.4, 0.5) is 4.39 Å². The summed E-state index contributed by atoms with van der Waals surface area (Å²) in [6.45, 7) is 0. The number of halogens is 1. The number of hydrogen-bond acceptors (Lipinski definition) is 3. The second-order valence-corrected chi connectivity index (χ2v) is 7.28. The predicted molar refractivity (Wildman–Crippen MR) is 80.8 cm³/mol. The summed E-state index contributed by atoms with van der Waals surface area (Å²) in [6.07, 6.45) is 2.95. The van der Waals surface area contributed by atoms with Gasteiger partial charge in [0.2, 0.25) is 0 Å². The molecule has 0 amide bonds. The molecule has 1 nitrogen and oxygen atoms in total. The zero-order valence-corrected chi connectivity index (χ0v) is 12.2. The van der Waals surface area contributed by atoms with E-state index in [4.69, 9.17) is 0 Å². The molecule has 4 heteroatoms. The lowest BCUT2D eigenvalue weighted by Crippen LogP contribution is -2.13. The van der Waals surface area contributed by atoms with E-state index in [1.807, 2.05) is 17.8 Å². The van der Waals surface area contributed by atoms with Gasteiger partial charge in [-0.3, -0.25) is 4.79 Å². The average molecular weight is 294 g/mol. The lowest BCUT2D eigenvalue weighted by atomic mass is 9.96. The first-order valence-corrected chi connectivity index (χ1v) is 8.49. The average Bonchev–Trinajstić information content (AvgIpc) is 2.83. The fourth-order valence-corrected chi connectivity index (χ4v) is 4.70. The smallest absolute Gasteiger partial charge is 0.173 e. The van der Waals surface area contributed by atoms with Crippen LogP contribution >= 0.6 is 23.1 Å². The summed E-state index contributed by atoms with van der Waals surface area (Å²) in [5, 5.41) is 0.967. The normalized spacial score (nSPS) is 16.9. The Labute approximate surface area is 120 Å². The fraction of sp³-hybridized carbons (Fsp3) is 0.400. The Kier molecular flexibility index (Phi) is 3.89. The third-order valence-electron chi connectivity index (χ3n) is 3.57. The van der Waals surface area contributed by atoms with Crippen LogP contribution in [0.15, 0.2) is 24.3 Å². The minimum absolute atomic E-state index is 0.221. The van der Waals surface area contributed by atoms with E-state index >= 15 is 0 Å². The number of carbonyl (C=O) groups is 1. The first kappa shape index (κ1) is 13.1. The molecule has 0 spiro atoms. The van der Waals surface area contributed by atoms with E-state index in [0.29, 0.717) is 12.3 Å². The SMILES string of the molecule is O=C(CC1CCSCC1)c1cc2ccc(F)cc2s1. The minimum atomic E-state index is -0.238. The van der Waals surface area contributed by atoms with Gasteiger partial charge in [-0.2, -0.15) is 11.8 Å². The summed E-state index contributed by atoms with van der Waals surface area (Å²) in [4.78, 5) is 13.1. The van der Waals surface area contributed by atoms with E-state index in [-0.39, 0.29) is 11.6 Å². The highest BCUT2D eigenvalue weighted by atomic mass is 32.2. The van der Waals surface area contributed by atoms with Gasteiger partial charge in [0.1, 0.15) is 5.82 Å². The Morgan fingerprint density at radius 1 is 1.26 bits per heavy atom. The molecule has 1 aromatic carbocycles. The maximum Gasteiger partial charge on any atom is 0.173 e. The molecule has 1 saturated heterocycles. The Hall–Kier alpha value is -0.870. The summed E-state index contributed by atoms with van der Waals surface area (Å²) in [5.41, 5.74) is 0. The molecule has 1 aromatic heterocycles. The number of benzene rings is 1. The Balaban J connectivity index is 1.77. The maximum absolute atomic E-state index is 13.1. The molecule has 3 rings (SSSR count). The Bertz CT molecular complexity index is 599. The van der Waals surface area contributed by atoms with Gasteiger partial charge in [-0.15, -0.1) is 11.3 Å². The number of thiophene rings is 1. The standard InChI is InChI=1S/C15H15FOS2/c16-12-2-1-11-8-15(19-14(11)9-12)13(17)7-10-3-5-18-6-4-10/h1-2,8-10H,3-7H2. The van der Waals surface area contributed by atoms with Gasteiger partial charge in [0.25, 0.3) is 0 Å². The van der Waals surface area contributed by atoms with Crippen molar-refractivity contribution in [3.05, 3.63) is 35.0 Å². The second-order valence-electron chi connectivity index (χ2n) is 4.98. The molecule has 0 saturated carbocycles. The topological polar surface area (TPSA) is 17.1 Å². The number of hydrogen-bond donors (Lipinski definition) is 0. The molecule has 0 N–H and O–H groups in total. The number of Topliss-reactive ketones (excluding diaryl/α,β-unsaturated/α-hetero) is 1. The van der Waals surface area contributed by atoms with Crippen molar-refractivity contribution in [3.63, 3.8) is 0 Å². The fourth-order valence-electron chi connectivity index (χ4n) is 2.46. The Morgan fingerprint density at radius 2 is 2.05 bits per heavy atom. The molecule has 2 heterocycles. The lowest BCUT2D eigenvalue weighted by Gasteiger charge is -2.19. The van der Waals surface area contributed by atoms with Gasteiger partial charge in [0.15, 0.2) is 5.78 Å². The van der Waals surface area contributed by atoms with Crippen molar-refractivity contribution in [1.82, 2.24) is 0 Å². The van der Waals surface area contributed by atoms with Crippen LogP contribution in [0.2, 0.25) is 0 Å². The highest BCUT2D eigenvalue weighted by molar-refractivity contribution is 7.99. The molecule has 0 unspecified atom stereocenters. The molecular formula is C15H15FOS2. The maximum atomic E-state index is 13.1. The summed E-state index contributed by atoms with van der Waals surface area (Å²) < 4.78 is 14.0. The first-order valence-electron chi connectivity index (χ1n) is 6.52. The minimum Gasteiger partial charge on any atom is -0.293 e. The number of fused-ring (bicyclic) bond motifs is 1. The third-order valence-corrected chi connectivity index (χ3v) is 5.76. The molecule has 0 bridgehead atoms. The van der Waals surface area contributed by atoms with Crippen LogP contribution in [0.5, 0.6) is 0 Å². The Morgan fingerprint density at radius 3 is 2.84 bits per heavy atom. The summed E-state index contributed by atoms with van der Waals surface area (Å²) in [7, 11) is 0. The largest absolute Gasteiger partial charge is 0.293 e.